The van der Waals surface area contributed by atoms with E-state index in [9.17, 15) is 13.2 Å². The van der Waals surface area contributed by atoms with Gasteiger partial charge in [-0.15, -0.1) is 0 Å². The lowest BCUT2D eigenvalue weighted by molar-refractivity contribution is -0.0335. The molecule has 0 aliphatic carbocycles. The Morgan fingerprint density at radius 3 is 2.50 bits per heavy atom. The third kappa shape index (κ3) is 7.84. The lowest BCUT2D eigenvalue weighted by Gasteiger charge is -2.03. The van der Waals surface area contributed by atoms with Crippen molar-refractivity contribution in [2.75, 3.05) is 6.54 Å². The Bertz CT molecular complexity index is 110. The van der Waals surface area contributed by atoms with E-state index in [1.165, 1.54) is 0 Å². The molecule has 0 aliphatic rings. The van der Waals surface area contributed by atoms with Gasteiger partial charge in [0.25, 0.3) is 0 Å². The second-order valence-electron chi connectivity index (χ2n) is 1.47. The molecule has 0 radical (unpaired) electrons. The van der Waals surface area contributed by atoms with Gasteiger partial charge in [-0.2, -0.15) is 13.2 Å². The molecule has 0 saturated carbocycles. The average molecular weight is 171 g/mol. The van der Waals surface area contributed by atoms with Gasteiger partial charge in [0, 0.05) is 18.5 Å². The average Bonchev–Trinajstić information content (AvgIpc) is 1.78. The number of hydrogen-bond acceptors (Lipinski definition) is 2. The van der Waals surface area contributed by atoms with E-state index in [4.69, 9.17) is 0 Å². The molecule has 0 rings (SSSR count). The number of rotatable bonds is 3. The van der Waals surface area contributed by atoms with Crippen LogP contribution in [0.5, 0.6) is 0 Å². The summed E-state index contributed by atoms with van der Waals surface area (Å²) in [6.45, 7) is 1.99. The Labute approximate surface area is 61.8 Å². The number of allylic oxidation sites excluding steroid dienone is 1. The van der Waals surface area contributed by atoms with Gasteiger partial charge in [0.15, 0.2) is 0 Å². The van der Waals surface area contributed by atoms with Crippen molar-refractivity contribution >= 4 is 11.9 Å². The molecule has 0 bridgehead atoms. The molecule has 0 fully saturated rings. The van der Waals surface area contributed by atoms with E-state index in [-0.39, 0.29) is 18.5 Å². The second-order valence-corrected chi connectivity index (χ2v) is 2.42. The zero-order valence-corrected chi connectivity index (χ0v) is 6.22. The van der Waals surface area contributed by atoms with Crippen LogP contribution in [-0.4, -0.2) is 12.1 Å². The summed E-state index contributed by atoms with van der Waals surface area (Å²) in [5, 5.41) is 0. The predicted molar refractivity (Wildman–Crippen MR) is 36.5 cm³/mol. The summed E-state index contributed by atoms with van der Waals surface area (Å²) in [7, 11) is 0. The van der Waals surface area contributed by atoms with Crippen molar-refractivity contribution in [3.63, 3.8) is 0 Å². The third-order valence-corrected chi connectivity index (χ3v) is 1.17. The minimum atomic E-state index is -4.18. The summed E-state index contributed by atoms with van der Waals surface area (Å²) in [6, 6.07) is 0. The van der Waals surface area contributed by atoms with Gasteiger partial charge in [0.2, 0.25) is 0 Å². The molecule has 0 aromatic rings. The van der Waals surface area contributed by atoms with Crippen molar-refractivity contribution in [3.8, 4) is 0 Å². The molecule has 0 heterocycles. The lowest BCUT2D eigenvalue weighted by atomic mass is 10.5. The van der Waals surface area contributed by atoms with Crippen LogP contribution in [0.3, 0.4) is 0 Å². The van der Waals surface area contributed by atoms with Crippen LogP contribution in [0.15, 0.2) is 12.2 Å². The van der Waals surface area contributed by atoms with Crippen LogP contribution in [0.2, 0.25) is 0 Å². The highest BCUT2D eigenvalue weighted by molar-refractivity contribution is 7.98. The van der Waals surface area contributed by atoms with Gasteiger partial charge >= 0.3 is 5.51 Å². The molecule has 0 spiro atoms. The summed E-state index contributed by atoms with van der Waals surface area (Å²) in [4.78, 5) is 0. The minimum Gasteiger partial charge on any atom is -0.253 e. The quantitative estimate of drug-likeness (QED) is 0.397. The van der Waals surface area contributed by atoms with Crippen LogP contribution in [0.4, 0.5) is 13.2 Å². The first kappa shape index (κ1) is 9.84. The van der Waals surface area contributed by atoms with Crippen LogP contribution < -0.4 is 4.72 Å². The number of halogens is 3. The second kappa shape index (κ2) is 4.62. The maximum Gasteiger partial charge on any atom is 0.456 e. The molecular formula is C5H8F3NS. The highest BCUT2D eigenvalue weighted by Gasteiger charge is 2.27. The van der Waals surface area contributed by atoms with Gasteiger partial charge in [-0.05, 0) is 6.92 Å². The van der Waals surface area contributed by atoms with Gasteiger partial charge in [-0.3, -0.25) is 4.72 Å². The first-order valence-electron chi connectivity index (χ1n) is 2.65. The van der Waals surface area contributed by atoms with Crippen molar-refractivity contribution in [1.29, 1.82) is 0 Å². The largest absolute Gasteiger partial charge is 0.456 e. The zero-order chi connectivity index (χ0) is 8.04. The van der Waals surface area contributed by atoms with Crippen LogP contribution in [-0.2, 0) is 0 Å². The molecular weight excluding hydrogens is 163 g/mol. The molecule has 1 nitrogen and oxygen atoms in total. The number of hydrogen-bond donors (Lipinski definition) is 1. The first-order valence-corrected chi connectivity index (χ1v) is 3.46. The molecule has 60 valence electrons. The fourth-order valence-corrected chi connectivity index (χ4v) is 0.633. The normalized spacial score (nSPS) is 12.8. The number of nitrogens with one attached hydrogen (secondary N) is 1. The smallest absolute Gasteiger partial charge is 0.253 e. The van der Waals surface area contributed by atoms with E-state index in [0.29, 0.717) is 0 Å². The van der Waals surface area contributed by atoms with Crippen LogP contribution >= 0.6 is 11.9 Å². The van der Waals surface area contributed by atoms with Crippen LogP contribution in [0, 0.1) is 0 Å². The summed E-state index contributed by atoms with van der Waals surface area (Å²) in [6.07, 6.45) is 3.29. The third-order valence-electron chi connectivity index (χ3n) is 0.625. The van der Waals surface area contributed by atoms with Crippen molar-refractivity contribution in [3.05, 3.63) is 12.2 Å². The summed E-state index contributed by atoms with van der Waals surface area (Å²) < 4.78 is 36.2. The zero-order valence-electron chi connectivity index (χ0n) is 5.40. The Morgan fingerprint density at radius 1 is 1.50 bits per heavy atom. The van der Waals surface area contributed by atoms with E-state index in [2.05, 4.69) is 4.72 Å². The Morgan fingerprint density at radius 2 is 2.10 bits per heavy atom. The predicted octanol–water partition coefficient (Wildman–Crippen LogP) is 2.32. The molecule has 0 aromatic carbocycles. The molecule has 10 heavy (non-hydrogen) atoms. The fraction of sp³-hybridized carbons (Fsp3) is 0.600. The summed E-state index contributed by atoms with van der Waals surface area (Å²) in [5.41, 5.74) is -4.18. The van der Waals surface area contributed by atoms with Gasteiger partial charge in [0.1, 0.15) is 0 Å². The molecule has 1 N–H and O–H groups in total. The highest BCUT2D eigenvalue weighted by Crippen LogP contribution is 2.26. The van der Waals surface area contributed by atoms with E-state index < -0.39 is 5.51 Å². The molecule has 0 aliphatic heterocycles. The molecule has 0 atom stereocenters. The van der Waals surface area contributed by atoms with Gasteiger partial charge in [-0.25, -0.2) is 0 Å². The van der Waals surface area contributed by atoms with Crippen LogP contribution in [0.1, 0.15) is 6.92 Å². The molecule has 0 saturated heterocycles. The monoisotopic (exact) mass is 171 g/mol. The lowest BCUT2D eigenvalue weighted by Crippen LogP contribution is -2.12. The first-order chi connectivity index (χ1) is 4.56. The van der Waals surface area contributed by atoms with E-state index in [1.807, 2.05) is 0 Å². The van der Waals surface area contributed by atoms with E-state index in [1.54, 1.807) is 19.1 Å². The van der Waals surface area contributed by atoms with Gasteiger partial charge in [-0.1, -0.05) is 12.2 Å². The van der Waals surface area contributed by atoms with Crippen molar-refractivity contribution in [2.45, 2.75) is 12.4 Å². The van der Waals surface area contributed by atoms with E-state index >= 15 is 0 Å². The van der Waals surface area contributed by atoms with E-state index in [0.717, 1.165) is 0 Å². The van der Waals surface area contributed by atoms with Gasteiger partial charge < -0.3 is 0 Å². The molecule has 0 amide bonds. The van der Waals surface area contributed by atoms with Crippen molar-refractivity contribution < 1.29 is 13.2 Å². The number of alkyl halides is 3. The fourth-order valence-electron chi connectivity index (χ4n) is 0.289. The van der Waals surface area contributed by atoms with Crippen molar-refractivity contribution in [1.82, 2.24) is 4.72 Å². The summed E-state index contributed by atoms with van der Waals surface area (Å²) in [5.74, 6) is 0. The highest BCUT2D eigenvalue weighted by atomic mass is 32.2. The molecule has 0 aromatic heterocycles. The maximum atomic E-state index is 11.4. The SMILES string of the molecule is C/C=C/CNSC(F)(F)F. The Kier molecular flexibility index (Phi) is 4.55. The van der Waals surface area contributed by atoms with Crippen LogP contribution in [0.25, 0.3) is 0 Å². The summed E-state index contributed by atoms with van der Waals surface area (Å²) >= 11 is -0.228. The Hall–Kier alpha value is -0.160. The molecule has 5 heteroatoms. The van der Waals surface area contributed by atoms with Crippen molar-refractivity contribution in [2.24, 2.45) is 0 Å². The molecule has 0 unspecified atom stereocenters. The van der Waals surface area contributed by atoms with Gasteiger partial charge in [0.05, 0.1) is 0 Å². The maximum absolute atomic E-state index is 11.4. The Balaban J connectivity index is 3.20. The minimum absolute atomic E-state index is 0.228. The standard InChI is InChI=1S/C5H8F3NS/c1-2-3-4-9-10-5(6,7)8/h2-3,9H,4H2,1H3/b3-2+. The topological polar surface area (TPSA) is 12.0 Å².